The summed E-state index contributed by atoms with van der Waals surface area (Å²) in [5.74, 6) is -4.69. The van der Waals surface area contributed by atoms with Gasteiger partial charge < -0.3 is 15.7 Å². The van der Waals surface area contributed by atoms with Gasteiger partial charge in [-0.15, -0.1) is 17.5 Å². The molecule has 0 spiro atoms. The van der Waals surface area contributed by atoms with Crippen LogP contribution in [0.3, 0.4) is 0 Å². The molecule has 2 heterocycles. The van der Waals surface area contributed by atoms with Gasteiger partial charge in [-0.1, -0.05) is 17.3 Å². The van der Waals surface area contributed by atoms with Gasteiger partial charge in [0.15, 0.2) is 11.6 Å². The molecule has 0 saturated carbocycles. The number of benzene rings is 2. The molecule has 1 aromatic heterocycles. The van der Waals surface area contributed by atoms with Crippen molar-refractivity contribution in [3.63, 3.8) is 0 Å². The second-order valence-corrected chi connectivity index (χ2v) is 7.83. The van der Waals surface area contributed by atoms with Crippen molar-refractivity contribution in [2.45, 2.75) is 32.0 Å². The molecule has 12 heteroatoms. The number of carbonyl (C=O) groups excluding carboxylic acids is 1. The van der Waals surface area contributed by atoms with Crippen molar-refractivity contribution in [2.75, 3.05) is 6.54 Å². The Morgan fingerprint density at radius 2 is 1.74 bits per heavy atom. The van der Waals surface area contributed by atoms with Crippen LogP contribution in [0.25, 0.3) is 11.3 Å². The smallest absolute Gasteiger partial charge is 0.335 e. The normalized spacial score (nSPS) is 13.7. The van der Waals surface area contributed by atoms with Crippen molar-refractivity contribution in [1.82, 2.24) is 19.9 Å². The maximum Gasteiger partial charge on any atom is 0.335 e. The Labute approximate surface area is 198 Å². The summed E-state index contributed by atoms with van der Waals surface area (Å²) in [6.07, 6.45) is -0.230. The Balaban J connectivity index is 0.00000324. The second-order valence-electron chi connectivity index (χ2n) is 7.83. The van der Waals surface area contributed by atoms with Crippen LogP contribution in [0.15, 0.2) is 36.4 Å². The molecule has 8 nitrogen and oxygen atoms in total. The summed E-state index contributed by atoms with van der Waals surface area (Å²) in [4.78, 5) is 25.4. The molecular weight excluding hydrogens is 475 g/mol. The van der Waals surface area contributed by atoms with Crippen LogP contribution >= 0.6 is 12.4 Å². The molecule has 34 heavy (non-hydrogen) atoms. The van der Waals surface area contributed by atoms with Gasteiger partial charge >= 0.3 is 5.97 Å². The average Bonchev–Trinajstić information content (AvgIpc) is 3.20. The van der Waals surface area contributed by atoms with E-state index in [1.807, 2.05) is 0 Å². The van der Waals surface area contributed by atoms with Gasteiger partial charge in [-0.05, 0) is 30.2 Å². The molecule has 4 rings (SSSR count). The zero-order chi connectivity index (χ0) is 23.7. The van der Waals surface area contributed by atoms with Crippen molar-refractivity contribution in [1.29, 1.82) is 0 Å². The number of halogens is 4. The Morgan fingerprint density at radius 1 is 1.06 bits per heavy atom. The van der Waals surface area contributed by atoms with E-state index in [4.69, 9.17) is 10.8 Å². The number of hydrogen-bond acceptors (Lipinski definition) is 5. The summed E-state index contributed by atoms with van der Waals surface area (Å²) in [7, 11) is 0. The summed E-state index contributed by atoms with van der Waals surface area (Å²) >= 11 is 0. The Hall–Kier alpha value is -3.44. The van der Waals surface area contributed by atoms with E-state index in [1.54, 1.807) is 21.7 Å². The van der Waals surface area contributed by atoms with E-state index in [1.165, 1.54) is 12.1 Å². The first-order chi connectivity index (χ1) is 15.7. The molecule has 180 valence electrons. The molecule has 0 aliphatic carbocycles. The van der Waals surface area contributed by atoms with Crippen molar-refractivity contribution in [2.24, 2.45) is 5.73 Å². The summed E-state index contributed by atoms with van der Waals surface area (Å²) in [5.41, 5.74) is 7.94. The number of hydrogen-bond donors (Lipinski definition) is 2. The van der Waals surface area contributed by atoms with Crippen LogP contribution in [-0.4, -0.2) is 49.5 Å². The number of carbonyl (C=O) groups is 2. The largest absolute Gasteiger partial charge is 0.478 e. The molecule has 0 saturated heterocycles. The van der Waals surface area contributed by atoms with Gasteiger partial charge in [-0.2, -0.15) is 0 Å². The molecule has 1 amide bonds. The number of carboxylic acid groups (broad SMARTS) is 1. The van der Waals surface area contributed by atoms with Gasteiger partial charge in [0.2, 0.25) is 5.91 Å². The number of amides is 1. The lowest BCUT2D eigenvalue weighted by Crippen LogP contribution is -2.41. The third-order valence-corrected chi connectivity index (χ3v) is 5.53. The van der Waals surface area contributed by atoms with Crippen molar-refractivity contribution in [3.05, 3.63) is 70.7 Å². The van der Waals surface area contributed by atoms with E-state index in [2.05, 4.69) is 10.3 Å². The van der Waals surface area contributed by atoms with E-state index in [0.717, 1.165) is 6.07 Å². The number of aromatic carboxylic acids is 1. The number of nitrogens with zero attached hydrogens (tertiary/aromatic N) is 4. The predicted octanol–water partition coefficient (Wildman–Crippen LogP) is 2.78. The molecule has 0 bridgehead atoms. The molecule has 3 N–H and O–H groups in total. The number of rotatable bonds is 6. The number of carboxylic acids is 1. The summed E-state index contributed by atoms with van der Waals surface area (Å²) in [5, 5.41) is 17.3. The highest BCUT2D eigenvalue weighted by Gasteiger charge is 2.27. The minimum Gasteiger partial charge on any atom is -0.478 e. The van der Waals surface area contributed by atoms with Crippen molar-refractivity contribution in [3.8, 4) is 11.3 Å². The van der Waals surface area contributed by atoms with Crippen LogP contribution < -0.4 is 5.73 Å². The lowest BCUT2D eigenvalue weighted by Gasteiger charge is -2.28. The molecule has 1 aliphatic heterocycles. The highest BCUT2D eigenvalue weighted by Crippen LogP contribution is 2.26. The first-order valence-electron chi connectivity index (χ1n) is 10.2. The van der Waals surface area contributed by atoms with Gasteiger partial charge in [0.05, 0.1) is 24.3 Å². The minimum absolute atomic E-state index is 0. The number of fused-ring (bicyclic) bond motifs is 1. The predicted molar refractivity (Wildman–Crippen MR) is 118 cm³/mol. The van der Waals surface area contributed by atoms with Crippen LogP contribution in [0.4, 0.5) is 13.2 Å². The standard InChI is InChI=1S/C22H20F3N5O3.ClH/c23-16-10-18(25)17(24)8-14(16)7-15(26)9-20(31)29-5-6-30-19(11-29)21(27-28-30)12-1-3-13(4-2-12)22(32)33;/h1-4,8,10,15H,5-7,9,11,26H2,(H,32,33);1H/t15-;/m1./s1. The molecule has 3 aromatic rings. The quantitative estimate of drug-likeness (QED) is 0.508. The minimum atomic E-state index is -1.28. The van der Waals surface area contributed by atoms with E-state index >= 15 is 0 Å². The topological polar surface area (TPSA) is 114 Å². The first kappa shape index (κ1) is 25.2. The first-order valence-corrected chi connectivity index (χ1v) is 10.2. The monoisotopic (exact) mass is 495 g/mol. The highest BCUT2D eigenvalue weighted by atomic mass is 35.5. The molecule has 2 aromatic carbocycles. The third kappa shape index (κ3) is 5.20. The maximum atomic E-state index is 13.9. The molecule has 0 fully saturated rings. The zero-order valence-electron chi connectivity index (χ0n) is 17.7. The van der Waals surface area contributed by atoms with Crippen LogP contribution in [0.5, 0.6) is 0 Å². The lowest BCUT2D eigenvalue weighted by molar-refractivity contribution is -0.133. The van der Waals surface area contributed by atoms with Gasteiger partial charge in [0, 0.05) is 30.6 Å². The van der Waals surface area contributed by atoms with Crippen LogP contribution in [-0.2, 0) is 24.3 Å². The van der Waals surface area contributed by atoms with Gasteiger partial charge in [0.25, 0.3) is 0 Å². The van der Waals surface area contributed by atoms with E-state index in [-0.39, 0.29) is 48.8 Å². The Bertz CT molecular complexity index is 1220. The molecular formula is C22H21ClF3N5O3. The highest BCUT2D eigenvalue weighted by molar-refractivity contribution is 5.88. The van der Waals surface area contributed by atoms with Gasteiger partial charge in [-0.25, -0.2) is 22.6 Å². The number of aromatic nitrogens is 3. The molecule has 0 radical (unpaired) electrons. The molecule has 1 aliphatic rings. The van der Waals surface area contributed by atoms with Gasteiger partial charge in [0.1, 0.15) is 11.5 Å². The summed E-state index contributed by atoms with van der Waals surface area (Å²) in [6.45, 7) is 1.00. The fourth-order valence-corrected chi connectivity index (χ4v) is 3.78. The van der Waals surface area contributed by atoms with Crippen LogP contribution in [0.2, 0.25) is 0 Å². The third-order valence-electron chi connectivity index (χ3n) is 5.53. The summed E-state index contributed by atoms with van der Waals surface area (Å²) in [6, 6.07) is 6.61. The van der Waals surface area contributed by atoms with E-state index < -0.39 is 29.5 Å². The maximum absolute atomic E-state index is 13.9. The number of nitrogens with two attached hydrogens (primary N) is 1. The van der Waals surface area contributed by atoms with Crippen molar-refractivity contribution >= 4 is 24.3 Å². The van der Waals surface area contributed by atoms with Crippen LogP contribution in [0.1, 0.15) is 28.0 Å². The van der Waals surface area contributed by atoms with E-state index in [0.29, 0.717) is 36.1 Å². The van der Waals surface area contributed by atoms with Crippen molar-refractivity contribution < 1.29 is 27.9 Å². The van der Waals surface area contributed by atoms with E-state index in [9.17, 15) is 22.8 Å². The lowest BCUT2D eigenvalue weighted by atomic mass is 10.0. The zero-order valence-corrected chi connectivity index (χ0v) is 18.6. The fraction of sp³-hybridized carbons (Fsp3) is 0.273. The Kier molecular flexibility index (Phi) is 7.57. The fourth-order valence-electron chi connectivity index (χ4n) is 3.78. The average molecular weight is 496 g/mol. The summed E-state index contributed by atoms with van der Waals surface area (Å²) < 4.78 is 42.1. The molecule has 1 atom stereocenters. The van der Waals surface area contributed by atoms with Crippen LogP contribution in [0, 0.1) is 17.5 Å². The molecule has 0 unspecified atom stereocenters. The second kappa shape index (κ2) is 10.2. The SMILES string of the molecule is Cl.N[C@@H](CC(=O)N1CCn2nnc(-c3ccc(C(=O)O)cc3)c2C1)Cc1cc(F)c(F)cc1F. The van der Waals surface area contributed by atoms with Gasteiger partial charge in [-0.3, -0.25) is 4.79 Å². The Morgan fingerprint density at radius 3 is 2.41 bits per heavy atom.